The molecule has 2 N–H and O–H groups in total. The fraction of sp³-hybridized carbons (Fsp3) is 0.621. The van der Waals surface area contributed by atoms with E-state index in [1.54, 1.807) is 4.90 Å². The molecule has 0 bridgehead atoms. The van der Waals surface area contributed by atoms with Gasteiger partial charge in [-0.1, -0.05) is 30.3 Å². The van der Waals surface area contributed by atoms with E-state index >= 15 is 0 Å². The van der Waals surface area contributed by atoms with Crippen molar-refractivity contribution in [3.05, 3.63) is 47.5 Å². The van der Waals surface area contributed by atoms with Crippen molar-refractivity contribution < 1.29 is 14.4 Å². The van der Waals surface area contributed by atoms with Crippen molar-refractivity contribution in [2.45, 2.75) is 76.9 Å². The normalized spacial score (nSPS) is 25.3. The lowest BCUT2D eigenvalue weighted by atomic mass is 9.97. The molecule has 2 saturated heterocycles. The van der Waals surface area contributed by atoms with Gasteiger partial charge in [0.15, 0.2) is 0 Å². The van der Waals surface area contributed by atoms with E-state index in [-0.39, 0.29) is 23.6 Å². The van der Waals surface area contributed by atoms with Crippen molar-refractivity contribution >= 4 is 17.7 Å². The molecule has 0 saturated carbocycles. The second-order valence-electron chi connectivity index (χ2n) is 11.1. The van der Waals surface area contributed by atoms with Crippen LogP contribution in [0.4, 0.5) is 0 Å². The number of fused-ring (bicyclic) bond motifs is 2. The van der Waals surface area contributed by atoms with E-state index in [4.69, 9.17) is 4.98 Å². The van der Waals surface area contributed by atoms with Crippen molar-refractivity contribution in [2.75, 3.05) is 32.7 Å². The van der Waals surface area contributed by atoms with Gasteiger partial charge in [0.1, 0.15) is 17.7 Å². The standard InChI is InChI=1S/C29H41N7O3/c1-21-31-27-24(19-22-9-3-2-4-10-22)32-28(38)25-12-5-6-16-35(25)26(37)13-8-15-34(17-18-36(27)33-21)29(39)23-11-7-14-30-20-23/h2-4,9-10,23-25,30H,5-8,11-20H2,1H3,(H,32,38)/t23-,24+,25-/m0/s1. The summed E-state index contributed by atoms with van der Waals surface area (Å²) in [4.78, 5) is 49.0. The SMILES string of the molecule is Cc1nc2n(n1)CCN(C(=O)[C@H]1CCCNC1)CCCC(=O)N1CCCC[C@H]1C(=O)N[C@@H]2Cc1ccccc1. The van der Waals surface area contributed by atoms with Crippen molar-refractivity contribution in [1.29, 1.82) is 0 Å². The number of rotatable bonds is 3. The molecule has 0 spiro atoms. The first-order valence-electron chi connectivity index (χ1n) is 14.5. The molecule has 3 amide bonds. The summed E-state index contributed by atoms with van der Waals surface area (Å²) in [6.45, 7) is 5.57. The minimum atomic E-state index is -0.490. The molecule has 2 fully saturated rings. The van der Waals surface area contributed by atoms with Crippen LogP contribution >= 0.6 is 0 Å². The molecule has 10 heteroatoms. The molecule has 4 heterocycles. The van der Waals surface area contributed by atoms with Gasteiger partial charge in [0.25, 0.3) is 0 Å². The molecular formula is C29H41N7O3. The van der Waals surface area contributed by atoms with Crippen LogP contribution in [-0.2, 0) is 27.3 Å². The molecule has 210 valence electrons. The molecule has 1 aromatic heterocycles. The Morgan fingerprint density at radius 1 is 1.00 bits per heavy atom. The Labute approximate surface area is 230 Å². The van der Waals surface area contributed by atoms with E-state index in [1.165, 1.54) is 0 Å². The fourth-order valence-electron chi connectivity index (χ4n) is 6.15. The lowest BCUT2D eigenvalue weighted by Gasteiger charge is -2.36. The lowest BCUT2D eigenvalue weighted by molar-refractivity contribution is -0.143. The zero-order chi connectivity index (χ0) is 27.2. The molecule has 0 radical (unpaired) electrons. The Kier molecular flexibility index (Phi) is 8.91. The zero-order valence-electron chi connectivity index (χ0n) is 23.0. The quantitative estimate of drug-likeness (QED) is 0.622. The number of hydrogen-bond donors (Lipinski definition) is 2. The highest BCUT2D eigenvalue weighted by molar-refractivity contribution is 5.88. The minimum absolute atomic E-state index is 0.00254. The summed E-state index contributed by atoms with van der Waals surface area (Å²) in [5.41, 5.74) is 1.08. The molecule has 3 atom stereocenters. The number of piperidine rings is 2. The maximum absolute atomic E-state index is 13.7. The van der Waals surface area contributed by atoms with E-state index in [2.05, 4.69) is 15.7 Å². The van der Waals surface area contributed by atoms with Gasteiger partial charge in [-0.15, -0.1) is 0 Å². The minimum Gasteiger partial charge on any atom is -0.344 e. The summed E-state index contributed by atoms with van der Waals surface area (Å²) >= 11 is 0. The number of nitrogens with zero attached hydrogens (tertiary/aromatic N) is 5. The number of aryl methyl sites for hydroxylation is 1. The van der Waals surface area contributed by atoms with Crippen LogP contribution in [0, 0.1) is 12.8 Å². The molecule has 2 aromatic rings. The third-order valence-electron chi connectivity index (χ3n) is 8.20. The van der Waals surface area contributed by atoms with Gasteiger partial charge in [-0.05, 0) is 64.0 Å². The highest BCUT2D eigenvalue weighted by Gasteiger charge is 2.35. The van der Waals surface area contributed by atoms with Crippen LogP contribution in [0.5, 0.6) is 0 Å². The summed E-state index contributed by atoms with van der Waals surface area (Å²) in [6.07, 6.45) is 5.81. The lowest BCUT2D eigenvalue weighted by Crippen LogP contribution is -2.53. The van der Waals surface area contributed by atoms with E-state index < -0.39 is 12.1 Å². The Balaban J connectivity index is 1.46. The number of carbonyl (C=O) groups is 3. The number of amides is 3. The molecule has 10 nitrogen and oxygen atoms in total. The highest BCUT2D eigenvalue weighted by Crippen LogP contribution is 2.23. The zero-order valence-corrected chi connectivity index (χ0v) is 23.0. The first kappa shape index (κ1) is 27.3. The van der Waals surface area contributed by atoms with Crippen LogP contribution in [0.2, 0.25) is 0 Å². The van der Waals surface area contributed by atoms with Gasteiger partial charge in [-0.2, -0.15) is 5.10 Å². The average molecular weight is 536 g/mol. The Bertz CT molecular complexity index is 1150. The van der Waals surface area contributed by atoms with Gasteiger partial charge < -0.3 is 20.4 Å². The smallest absolute Gasteiger partial charge is 0.243 e. The van der Waals surface area contributed by atoms with Crippen LogP contribution < -0.4 is 10.6 Å². The Morgan fingerprint density at radius 3 is 2.64 bits per heavy atom. The largest absolute Gasteiger partial charge is 0.344 e. The van der Waals surface area contributed by atoms with Crippen LogP contribution in [0.1, 0.15) is 68.2 Å². The van der Waals surface area contributed by atoms with Crippen molar-refractivity contribution in [3.8, 4) is 0 Å². The Morgan fingerprint density at radius 2 is 1.85 bits per heavy atom. The van der Waals surface area contributed by atoms with Crippen LogP contribution in [-0.4, -0.2) is 81.1 Å². The van der Waals surface area contributed by atoms with Crippen LogP contribution in [0.15, 0.2) is 30.3 Å². The van der Waals surface area contributed by atoms with Crippen molar-refractivity contribution in [2.24, 2.45) is 5.92 Å². The number of benzene rings is 1. The van der Waals surface area contributed by atoms with Crippen LogP contribution in [0.25, 0.3) is 0 Å². The number of hydrogen-bond acceptors (Lipinski definition) is 6. The van der Waals surface area contributed by atoms with Crippen molar-refractivity contribution in [1.82, 2.24) is 35.2 Å². The van der Waals surface area contributed by atoms with Gasteiger partial charge in [0.2, 0.25) is 17.7 Å². The second-order valence-corrected chi connectivity index (χ2v) is 11.1. The van der Waals surface area contributed by atoms with E-state index in [1.807, 2.05) is 46.8 Å². The molecule has 0 unspecified atom stereocenters. The van der Waals surface area contributed by atoms with Gasteiger partial charge in [0, 0.05) is 32.6 Å². The molecule has 39 heavy (non-hydrogen) atoms. The monoisotopic (exact) mass is 535 g/mol. The predicted molar refractivity (Wildman–Crippen MR) is 147 cm³/mol. The second kappa shape index (κ2) is 12.7. The predicted octanol–water partition coefficient (Wildman–Crippen LogP) is 1.99. The van der Waals surface area contributed by atoms with Gasteiger partial charge in [-0.3, -0.25) is 14.4 Å². The molecule has 0 aliphatic carbocycles. The number of carbonyl (C=O) groups excluding carboxylic acids is 3. The van der Waals surface area contributed by atoms with E-state index in [0.717, 1.165) is 37.8 Å². The summed E-state index contributed by atoms with van der Waals surface area (Å²) in [7, 11) is 0. The molecular weight excluding hydrogens is 494 g/mol. The molecule has 3 aliphatic rings. The topological polar surface area (TPSA) is 112 Å². The van der Waals surface area contributed by atoms with Crippen molar-refractivity contribution in [3.63, 3.8) is 0 Å². The maximum atomic E-state index is 13.7. The summed E-state index contributed by atoms with van der Waals surface area (Å²) in [5.74, 6) is 1.28. The first-order chi connectivity index (χ1) is 19.0. The Hall–Kier alpha value is -3.27. The number of nitrogens with one attached hydrogen (secondary N) is 2. The summed E-state index contributed by atoms with van der Waals surface area (Å²) in [5, 5.41) is 11.3. The third kappa shape index (κ3) is 6.66. The fourth-order valence-corrected chi connectivity index (χ4v) is 6.15. The van der Waals surface area contributed by atoms with Gasteiger partial charge in [0.05, 0.1) is 18.5 Å². The maximum Gasteiger partial charge on any atom is 0.243 e. The highest BCUT2D eigenvalue weighted by atomic mass is 16.2. The summed E-state index contributed by atoms with van der Waals surface area (Å²) in [6, 6.07) is 9.13. The van der Waals surface area contributed by atoms with E-state index in [0.29, 0.717) is 70.1 Å². The summed E-state index contributed by atoms with van der Waals surface area (Å²) < 4.78 is 1.86. The average Bonchev–Trinajstić information content (AvgIpc) is 3.34. The molecule has 3 aliphatic heterocycles. The third-order valence-corrected chi connectivity index (χ3v) is 8.20. The molecule has 5 rings (SSSR count). The van der Waals surface area contributed by atoms with Gasteiger partial charge >= 0.3 is 0 Å². The van der Waals surface area contributed by atoms with Crippen LogP contribution in [0.3, 0.4) is 0 Å². The number of aromatic nitrogens is 3. The van der Waals surface area contributed by atoms with E-state index in [9.17, 15) is 14.4 Å². The molecule has 1 aromatic carbocycles. The first-order valence-corrected chi connectivity index (χ1v) is 14.5. The van der Waals surface area contributed by atoms with Gasteiger partial charge in [-0.25, -0.2) is 9.67 Å².